The second kappa shape index (κ2) is 9.09. The topological polar surface area (TPSA) is 71.5 Å². The average Bonchev–Trinajstić information content (AvgIpc) is 2.70. The van der Waals surface area contributed by atoms with Gasteiger partial charge in [0, 0.05) is 17.6 Å². The third kappa shape index (κ3) is 5.67. The van der Waals surface area contributed by atoms with Gasteiger partial charge in [0.1, 0.15) is 17.3 Å². The number of aromatic nitrogens is 1. The summed E-state index contributed by atoms with van der Waals surface area (Å²) in [4.78, 5) is 17.0. The van der Waals surface area contributed by atoms with Gasteiger partial charge in [0.2, 0.25) is 5.91 Å². The van der Waals surface area contributed by atoms with Crippen molar-refractivity contribution in [2.45, 2.75) is 34.1 Å². The molecule has 5 nitrogen and oxygen atoms in total. The second-order valence-corrected chi connectivity index (χ2v) is 8.36. The SMILES string of the molecule is Cc1ccc(Oc2ccc(-c3cc(CCO)cc(NC(=O)C(C)(C)C)n3)cc2)cc1. The number of hydrogen-bond donors (Lipinski definition) is 2. The fraction of sp³-hybridized carbons (Fsp3) is 0.280. The highest BCUT2D eigenvalue weighted by molar-refractivity contribution is 5.94. The number of amides is 1. The second-order valence-electron chi connectivity index (χ2n) is 8.36. The highest BCUT2D eigenvalue weighted by Crippen LogP contribution is 2.27. The average molecular weight is 405 g/mol. The minimum Gasteiger partial charge on any atom is -0.457 e. The summed E-state index contributed by atoms with van der Waals surface area (Å²) in [5.74, 6) is 1.89. The van der Waals surface area contributed by atoms with Crippen LogP contribution in [0.5, 0.6) is 11.5 Å². The van der Waals surface area contributed by atoms with Gasteiger partial charge in [-0.05, 0) is 67.4 Å². The molecule has 0 saturated carbocycles. The van der Waals surface area contributed by atoms with Crippen LogP contribution in [0.4, 0.5) is 5.82 Å². The van der Waals surface area contributed by atoms with E-state index in [1.54, 1.807) is 6.07 Å². The minimum absolute atomic E-state index is 0.0272. The van der Waals surface area contributed by atoms with E-state index in [4.69, 9.17) is 4.74 Å². The highest BCUT2D eigenvalue weighted by atomic mass is 16.5. The number of nitrogens with zero attached hydrogens (tertiary/aromatic N) is 1. The van der Waals surface area contributed by atoms with Gasteiger partial charge in [-0.3, -0.25) is 4.79 Å². The summed E-state index contributed by atoms with van der Waals surface area (Å²) in [6, 6.07) is 19.3. The van der Waals surface area contributed by atoms with Gasteiger partial charge in [0.25, 0.3) is 0 Å². The number of rotatable bonds is 6. The number of anilines is 1. The van der Waals surface area contributed by atoms with Gasteiger partial charge in [-0.25, -0.2) is 4.98 Å². The molecule has 0 fully saturated rings. The van der Waals surface area contributed by atoms with Crippen molar-refractivity contribution in [3.05, 3.63) is 71.8 Å². The maximum absolute atomic E-state index is 12.4. The zero-order valence-corrected chi connectivity index (χ0v) is 17.9. The van der Waals surface area contributed by atoms with E-state index in [9.17, 15) is 9.90 Å². The molecule has 0 spiro atoms. The quantitative estimate of drug-likeness (QED) is 0.579. The number of aliphatic hydroxyl groups excluding tert-OH is 1. The third-order valence-corrected chi connectivity index (χ3v) is 4.62. The summed E-state index contributed by atoms with van der Waals surface area (Å²) in [6.07, 6.45) is 0.489. The fourth-order valence-electron chi connectivity index (χ4n) is 2.81. The van der Waals surface area contributed by atoms with Crippen molar-refractivity contribution in [1.29, 1.82) is 0 Å². The molecule has 0 unspecified atom stereocenters. The van der Waals surface area contributed by atoms with Gasteiger partial charge < -0.3 is 15.2 Å². The third-order valence-electron chi connectivity index (χ3n) is 4.62. The van der Waals surface area contributed by atoms with Gasteiger partial charge in [0.05, 0.1) is 5.69 Å². The van der Waals surface area contributed by atoms with Crippen molar-refractivity contribution in [1.82, 2.24) is 4.98 Å². The summed E-state index contributed by atoms with van der Waals surface area (Å²) in [6.45, 7) is 7.63. The molecule has 3 rings (SSSR count). The molecule has 0 aliphatic rings. The summed E-state index contributed by atoms with van der Waals surface area (Å²) in [5, 5.41) is 12.2. The van der Waals surface area contributed by atoms with Crippen LogP contribution in [-0.4, -0.2) is 22.6 Å². The Hall–Kier alpha value is -3.18. The Kier molecular flexibility index (Phi) is 6.53. The number of benzene rings is 2. The van der Waals surface area contributed by atoms with Crippen LogP contribution in [0.25, 0.3) is 11.3 Å². The molecule has 1 aromatic heterocycles. The zero-order chi connectivity index (χ0) is 21.7. The maximum atomic E-state index is 12.4. The molecule has 2 N–H and O–H groups in total. The molecule has 0 aliphatic carbocycles. The zero-order valence-electron chi connectivity index (χ0n) is 17.9. The monoisotopic (exact) mass is 404 g/mol. The molecule has 2 aromatic carbocycles. The van der Waals surface area contributed by atoms with E-state index in [0.29, 0.717) is 12.2 Å². The number of aryl methyl sites for hydroxylation is 1. The minimum atomic E-state index is -0.524. The first-order valence-electron chi connectivity index (χ1n) is 10.0. The van der Waals surface area contributed by atoms with Crippen LogP contribution < -0.4 is 10.1 Å². The molecule has 30 heavy (non-hydrogen) atoms. The number of hydrogen-bond acceptors (Lipinski definition) is 4. The molecule has 0 atom stereocenters. The van der Waals surface area contributed by atoms with Crippen LogP contribution in [0.3, 0.4) is 0 Å². The van der Waals surface area contributed by atoms with E-state index in [1.165, 1.54) is 5.56 Å². The number of aliphatic hydroxyl groups is 1. The highest BCUT2D eigenvalue weighted by Gasteiger charge is 2.22. The number of nitrogens with one attached hydrogen (secondary N) is 1. The number of ether oxygens (including phenoxy) is 1. The molecule has 0 radical (unpaired) electrons. The van der Waals surface area contributed by atoms with Gasteiger partial charge >= 0.3 is 0 Å². The van der Waals surface area contributed by atoms with Gasteiger partial charge in [-0.15, -0.1) is 0 Å². The van der Waals surface area contributed by atoms with Crippen LogP contribution in [-0.2, 0) is 11.2 Å². The molecule has 5 heteroatoms. The first-order valence-corrected chi connectivity index (χ1v) is 10.0. The molecule has 1 heterocycles. The van der Waals surface area contributed by atoms with Crippen molar-refractivity contribution in [3.63, 3.8) is 0 Å². The molecule has 0 bridgehead atoms. The number of carbonyl (C=O) groups is 1. The smallest absolute Gasteiger partial charge is 0.230 e. The summed E-state index contributed by atoms with van der Waals surface area (Å²) in [5.41, 5.74) is 3.20. The molecular weight excluding hydrogens is 376 g/mol. The van der Waals surface area contributed by atoms with Gasteiger partial charge in [-0.1, -0.05) is 38.5 Å². The van der Waals surface area contributed by atoms with Crippen LogP contribution in [0.15, 0.2) is 60.7 Å². The molecule has 0 saturated heterocycles. The first kappa shape index (κ1) is 21.5. The summed E-state index contributed by atoms with van der Waals surface area (Å²) < 4.78 is 5.89. The van der Waals surface area contributed by atoms with Crippen molar-refractivity contribution in [2.75, 3.05) is 11.9 Å². The van der Waals surface area contributed by atoms with E-state index in [2.05, 4.69) is 10.3 Å². The largest absolute Gasteiger partial charge is 0.457 e. The Bertz CT molecular complexity index is 1000. The number of carbonyl (C=O) groups excluding carboxylic acids is 1. The summed E-state index contributed by atoms with van der Waals surface area (Å²) in [7, 11) is 0. The van der Waals surface area contributed by atoms with E-state index in [0.717, 1.165) is 28.3 Å². The lowest BCUT2D eigenvalue weighted by Gasteiger charge is -2.18. The Morgan fingerprint density at radius 3 is 2.17 bits per heavy atom. The van der Waals surface area contributed by atoms with Crippen molar-refractivity contribution in [2.24, 2.45) is 5.41 Å². The Morgan fingerprint density at radius 1 is 1.00 bits per heavy atom. The Morgan fingerprint density at radius 2 is 1.60 bits per heavy atom. The van der Waals surface area contributed by atoms with Crippen molar-refractivity contribution < 1.29 is 14.6 Å². The summed E-state index contributed by atoms with van der Waals surface area (Å²) >= 11 is 0. The lowest BCUT2D eigenvalue weighted by Crippen LogP contribution is -2.28. The van der Waals surface area contributed by atoms with E-state index in [-0.39, 0.29) is 12.5 Å². The number of pyridine rings is 1. The van der Waals surface area contributed by atoms with Crippen LogP contribution in [0, 0.1) is 12.3 Å². The van der Waals surface area contributed by atoms with Gasteiger partial charge in [-0.2, -0.15) is 0 Å². The van der Waals surface area contributed by atoms with E-state index in [1.807, 2.05) is 82.3 Å². The van der Waals surface area contributed by atoms with E-state index < -0.39 is 5.41 Å². The predicted octanol–water partition coefficient (Wildman–Crippen LogP) is 5.37. The Balaban J connectivity index is 1.84. The first-order chi connectivity index (χ1) is 14.2. The fourth-order valence-corrected chi connectivity index (χ4v) is 2.81. The lowest BCUT2D eigenvalue weighted by atomic mass is 9.96. The molecule has 156 valence electrons. The van der Waals surface area contributed by atoms with Crippen LogP contribution in [0.2, 0.25) is 0 Å². The van der Waals surface area contributed by atoms with Crippen LogP contribution in [0.1, 0.15) is 31.9 Å². The van der Waals surface area contributed by atoms with Crippen LogP contribution >= 0.6 is 0 Å². The predicted molar refractivity (Wildman–Crippen MR) is 120 cm³/mol. The normalized spacial score (nSPS) is 11.2. The van der Waals surface area contributed by atoms with Crippen molar-refractivity contribution in [3.8, 4) is 22.8 Å². The maximum Gasteiger partial charge on any atom is 0.230 e. The van der Waals surface area contributed by atoms with Gasteiger partial charge in [0.15, 0.2) is 0 Å². The lowest BCUT2D eigenvalue weighted by molar-refractivity contribution is -0.123. The standard InChI is InChI=1S/C25H28N2O3/c1-17-5-9-20(10-6-17)30-21-11-7-19(8-12-21)22-15-18(13-14-28)16-23(26-22)27-24(29)25(2,3)4/h5-12,15-16,28H,13-14H2,1-4H3,(H,26,27,29). The molecular formula is C25H28N2O3. The van der Waals surface area contributed by atoms with E-state index >= 15 is 0 Å². The molecule has 0 aliphatic heterocycles. The molecule has 3 aromatic rings. The molecule has 1 amide bonds. The van der Waals surface area contributed by atoms with Crippen molar-refractivity contribution >= 4 is 11.7 Å². The Labute approximate surface area is 177 Å².